The van der Waals surface area contributed by atoms with Crippen molar-refractivity contribution in [1.29, 1.82) is 5.26 Å². The second-order valence-corrected chi connectivity index (χ2v) is 6.49. The van der Waals surface area contributed by atoms with Crippen molar-refractivity contribution in [3.63, 3.8) is 0 Å². The average Bonchev–Trinajstić information content (AvgIpc) is 2.76. The molecule has 0 saturated heterocycles. The van der Waals surface area contributed by atoms with Crippen LogP contribution in [0.4, 0.5) is 5.69 Å². The molecule has 1 N–H and O–H groups in total. The minimum Gasteiger partial charge on any atom is -0.321 e. The van der Waals surface area contributed by atoms with E-state index in [4.69, 9.17) is 5.26 Å². The molecule has 4 aromatic rings. The largest absolute Gasteiger partial charge is 0.321 e. The van der Waals surface area contributed by atoms with Gasteiger partial charge in [-0.2, -0.15) is 10.4 Å². The van der Waals surface area contributed by atoms with E-state index in [0.717, 1.165) is 5.56 Å². The zero-order valence-electron chi connectivity index (χ0n) is 15.4. The minimum atomic E-state index is -0.446. The van der Waals surface area contributed by atoms with Crippen LogP contribution in [0.5, 0.6) is 0 Å². The Labute approximate surface area is 166 Å². The minimum absolute atomic E-state index is 0.151. The molecule has 0 aliphatic heterocycles. The van der Waals surface area contributed by atoms with Gasteiger partial charge in [-0.3, -0.25) is 9.59 Å². The van der Waals surface area contributed by atoms with Gasteiger partial charge in [-0.1, -0.05) is 54.6 Å². The summed E-state index contributed by atoms with van der Waals surface area (Å²) >= 11 is 0. The van der Waals surface area contributed by atoms with Crippen LogP contribution in [0.1, 0.15) is 21.6 Å². The van der Waals surface area contributed by atoms with Crippen LogP contribution in [0.25, 0.3) is 10.8 Å². The van der Waals surface area contributed by atoms with E-state index in [-0.39, 0.29) is 17.8 Å². The fourth-order valence-electron chi connectivity index (χ4n) is 3.12. The number of hydrogen-bond acceptors (Lipinski definition) is 4. The van der Waals surface area contributed by atoms with Gasteiger partial charge in [-0.05, 0) is 29.8 Å². The van der Waals surface area contributed by atoms with Crippen molar-refractivity contribution in [1.82, 2.24) is 9.78 Å². The van der Waals surface area contributed by atoms with Gasteiger partial charge in [-0.15, -0.1) is 0 Å². The lowest BCUT2D eigenvalue weighted by Gasteiger charge is -2.11. The van der Waals surface area contributed by atoms with Crippen molar-refractivity contribution < 1.29 is 4.79 Å². The van der Waals surface area contributed by atoms with Crippen molar-refractivity contribution >= 4 is 22.4 Å². The van der Waals surface area contributed by atoms with Crippen LogP contribution in [-0.2, 0) is 6.54 Å². The highest BCUT2D eigenvalue weighted by molar-refractivity contribution is 6.11. The zero-order valence-corrected chi connectivity index (χ0v) is 15.4. The number of carbonyl (C=O) groups excluding carboxylic acids is 1. The third kappa shape index (κ3) is 3.75. The molecule has 140 valence electrons. The summed E-state index contributed by atoms with van der Waals surface area (Å²) in [5.41, 5.74) is 1.73. The first-order chi connectivity index (χ1) is 14.2. The van der Waals surface area contributed by atoms with E-state index in [1.807, 2.05) is 36.4 Å². The Morgan fingerprint density at radius 1 is 0.966 bits per heavy atom. The second-order valence-electron chi connectivity index (χ2n) is 6.49. The summed E-state index contributed by atoms with van der Waals surface area (Å²) in [7, 11) is 0. The summed E-state index contributed by atoms with van der Waals surface area (Å²) in [4.78, 5) is 25.9. The third-order valence-corrected chi connectivity index (χ3v) is 4.51. The fraction of sp³-hybridized carbons (Fsp3) is 0.0435. The van der Waals surface area contributed by atoms with Gasteiger partial charge in [0, 0.05) is 11.1 Å². The van der Waals surface area contributed by atoms with Crippen LogP contribution in [-0.4, -0.2) is 15.7 Å². The van der Waals surface area contributed by atoms with Gasteiger partial charge >= 0.3 is 0 Å². The molecule has 1 amide bonds. The van der Waals surface area contributed by atoms with Crippen molar-refractivity contribution in [3.8, 4) is 6.07 Å². The lowest BCUT2D eigenvalue weighted by Crippen LogP contribution is -2.28. The van der Waals surface area contributed by atoms with Crippen molar-refractivity contribution in [3.05, 3.63) is 106 Å². The maximum Gasteiger partial charge on any atom is 0.276 e. The van der Waals surface area contributed by atoms with E-state index < -0.39 is 5.91 Å². The number of fused-ring (bicyclic) bond motifs is 1. The summed E-state index contributed by atoms with van der Waals surface area (Å²) in [5.74, 6) is -0.446. The Bertz CT molecular complexity index is 1300. The third-order valence-electron chi connectivity index (χ3n) is 4.51. The van der Waals surface area contributed by atoms with Crippen molar-refractivity contribution in [2.75, 3.05) is 5.32 Å². The molecule has 0 fully saturated rings. The van der Waals surface area contributed by atoms with E-state index in [0.29, 0.717) is 22.0 Å². The highest BCUT2D eigenvalue weighted by Gasteiger charge is 2.17. The molecular weight excluding hydrogens is 364 g/mol. The number of carbonyl (C=O) groups is 1. The molecule has 0 unspecified atom stereocenters. The molecule has 0 saturated carbocycles. The smallest absolute Gasteiger partial charge is 0.276 e. The summed E-state index contributed by atoms with van der Waals surface area (Å²) in [5, 5.41) is 17.1. The molecule has 6 heteroatoms. The van der Waals surface area contributed by atoms with E-state index in [1.165, 1.54) is 4.68 Å². The van der Waals surface area contributed by atoms with Gasteiger partial charge < -0.3 is 5.32 Å². The molecule has 0 atom stereocenters. The number of nitrogens with zero attached hydrogens (tertiary/aromatic N) is 3. The Hall–Kier alpha value is -4.24. The second kappa shape index (κ2) is 7.79. The van der Waals surface area contributed by atoms with Gasteiger partial charge in [0.15, 0.2) is 5.69 Å². The van der Waals surface area contributed by atoms with Gasteiger partial charge in [0.25, 0.3) is 11.5 Å². The number of hydrogen-bond donors (Lipinski definition) is 1. The number of anilines is 1. The topological polar surface area (TPSA) is 87.8 Å². The Morgan fingerprint density at radius 2 is 1.69 bits per heavy atom. The Balaban J connectivity index is 1.78. The van der Waals surface area contributed by atoms with E-state index in [9.17, 15) is 9.59 Å². The molecule has 0 bridgehead atoms. The van der Waals surface area contributed by atoms with Crippen LogP contribution >= 0.6 is 0 Å². The SMILES string of the molecule is N#Cc1cccc(NC(=O)c2nn(Cc3ccccc3)c(=O)c3ccccc23)c1. The lowest BCUT2D eigenvalue weighted by molar-refractivity contribution is 0.102. The number of aromatic nitrogens is 2. The fourth-order valence-corrected chi connectivity index (χ4v) is 3.12. The van der Waals surface area contributed by atoms with Crippen molar-refractivity contribution in [2.45, 2.75) is 6.54 Å². The summed E-state index contributed by atoms with van der Waals surface area (Å²) in [6.45, 7) is 0.259. The number of rotatable bonds is 4. The number of nitrogens with one attached hydrogen (secondary N) is 1. The van der Waals surface area contributed by atoms with Crippen LogP contribution in [0, 0.1) is 11.3 Å². The summed E-state index contributed by atoms with van der Waals surface area (Å²) < 4.78 is 1.30. The maximum atomic E-state index is 13.0. The maximum absolute atomic E-state index is 13.0. The first kappa shape index (κ1) is 18.1. The summed E-state index contributed by atoms with van der Waals surface area (Å²) in [6.07, 6.45) is 0. The number of benzene rings is 3. The van der Waals surface area contributed by atoms with Crippen LogP contribution in [0.15, 0.2) is 83.7 Å². The van der Waals surface area contributed by atoms with Crippen LogP contribution in [0.3, 0.4) is 0 Å². The molecule has 29 heavy (non-hydrogen) atoms. The number of amides is 1. The van der Waals surface area contributed by atoms with E-state index >= 15 is 0 Å². The van der Waals surface area contributed by atoms with Gasteiger partial charge in [0.2, 0.25) is 0 Å². The van der Waals surface area contributed by atoms with E-state index in [2.05, 4.69) is 10.4 Å². The Morgan fingerprint density at radius 3 is 2.45 bits per heavy atom. The van der Waals surface area contributed by atoms with Gasteiger partial charge in [0.1, 0.15) is 0 Å². The van der Waals surface area contributed by atoms with Crippen LogP contribution in [0.2, 0.25) is 0 Å². The van der Waals surface area contributed by atoms with E-state index in [1.54, 1.807) is 48.5 Å². The van der Waals surface area contributed by atoms with Gasteiger partial charge in [0.05, 0.1) is 23.6 Å². The molecular formula is C23H16N4O2. The standard InChI is InChI=1S/C23H16N4O2/c24-14-17-9-6-10-18(13-17)25-22(28)21-19-11-4-5-12-20(19)23(29)27(26-21)15-16-7-2-1-3-8-16/h1-13H,15H2,(H,25,28). The van der Waals surface area contributed by atoms with Crippen LogP contribution < -0.4 is 10.9 Å². The molecule has 1 heterocycles. The highest BCUT2D eigenvalue weighted by atomic mass is 16.2. The molecule has 1 aromatic heterocycles. The summed E-state index contributed by atoms with van der Waals surface area (Å²) in [6, 6.07) is 25.0. The lowest BCUT2D eigenvalue weighted by atomic mass is 10.1. The molecule has 3 aromatic carbocycles. The first-order valence-electron chi connectivity index (χ1n) is 9.01. The predicted molar refractivity (Wildman–Crippen MR) is 111 cm³/mol. The molecule has 0 radical (unpaired) electrons. The normalized spacial score (nSPS) is 10.4. The Kier molecular flexibility index (Phi) is 4.87. The zero-order chi connectivity index (χ0) is 20.2. The van der Waals surface area contributed by atoms with Gasteiger partial charge in [-0.25, -0.2) is 4.68 Å². The molecule has 0 spiro atoms. The predicted octanol–water partition coefficient (Wildman–Crippen LogP) is 3.57. The quantitative estimate of drug-likeness (QED) is 0.586. The monoisotopic (exact) mass is 380 g/mol. The van der Waals surface area contributed by atoms with Crippen molar-refractivity contribution in [2.24, 2.45) is 0 Å². The first-order valence-corrected chi connectivity index (χ1v) is 9.01. The average molecular weight is 380 g/mol. The molecule has 4 rings (SSSR count). The molecule has 0 aliphatic carbocycles. The molecule has 0 aliphatic rings. The molecule has 6 nitrogen and oxygen atoms in total. The highest BCUT2D eigenvalue weighted by Crippen LogP contribution is 2.17. The number of nitriles is 1.